The van der Waals surface area contributed by atoms with E-state index in [9.17, 15) is 4.79 Å². The second-order valence-electron chi connectivity index (χ2n) is 4.84. The van der Waals surface area contributed by atoms with Gasteiger partial charge in [0, 0.05) is 12.1 Å². The summed E-state index contributed by atoms with van der Waals surface area (Å²) in [5.74, 6) is 0.672. The lowest BCUT2D eigenvalue weighted by Crippen LogP contribution is -2.25. The molecule has 0 aromatic heterocycles. The number of rotatable bonds is 2. The van der Waals surface area contributed by atoms with Crippen molar-refractivity contribution < 1.29 is 4.79 Å². The Kier molecular flexibility index (Phi) is 3.10. The average molecular weight is 217 g/mol. The van der Waals surface area contributed by atoms with Gasteiger partial charge in [-0.25, -0.2) is 0 Å². The van der Waals surface area contributed by atoms with E-state index in [1.807, 2.05) is 0 Å². The number of benzene rings is 1. The largest absolute Gasteiger partial charge is 0.312 e. The first-order chi connectivity index (χ1) is 7.59. The predicted molar refractivity (Wildman–Crippen MR) is 65.9 cm³/mol. The van der Waals surface area contributed by atoms with Crippen molar-refractivity contribution in [3.8, 4) is 0 Å². The summed E-state index contributed by atoms with van der Waals surface area (Å²) in [5.41, 5.74) is 4.77. The molecule has 1 aliphatic heterocycles. The molecule has 2 nitrogen and oxygen atoms in total. The van der Waals surface area contributed by atoms with Crippen LogP contribution < -0.4 is 5.32 Å². The maximum absolute atomic E-state index is 11.7. The Morgan fingerprint density at radius 1 is 1.38 bits per heavy atom. The SMILES string of the molecule is CC(=O)c1cc(C(C)C)cc2c1CCNC2. The molecule has 0 unspecified atom stereocenters. The van der Waals surface area contributed by atoms with Crippen LogP contribution in [0.25, 0.3) is 0 Å². The first-order valence-electron chi connectivity index (χ1n) is 5.97. The fourth-order valence-corrected chi connectivity index (χ4v) is 2.29. The number of hydrogen-bond donors (Lipinski definition) is 1. The van der Waals surface area contributed by atoms with Crippen molar-refractivity contribution in [3.63, 3.8) is 0 Å². The Bertz CT molecular complexity index is 421. The van der Waals surface area contributed by atoms with Crippen LogP contribution in [-0.2, 0) is 13.0 Å². The summed E-state index contributed by atoms with van der Waals surface area (Å²) in [6, 6.07) is 4.33. The van der Waals surface area contributed by atoms with Gasteiger partial charge in [0.2, 0.25) is 0 Å². The van der Waals surface area contributed by atoms with Gasteiger partial charge in [0.05, 0.1) is 0 Å². The van der Waals surface area contributed by atoms with Crippen LogP contribution >= 0.6 is 0 Å². The van der Waals surface area contributed by atoms with Crippen molar-refractivity contribution in [1.82, 2.24) is 5.32 Å². The minimum absolute atomic E-state index is 0.195. The highest BCUT2D eigenvalue weighted by atomic mass is 16.1. The monoisotopic (exact) mass is 217 g/mol. The molecule has 0 spiro atoms. The highest BCUT2D eigenvalue weighted by Gasteiger charge is 2.17. The Morgan fingerprint density at radius 2 is 2.12 bits per heavy atom. The Labute approximate surface area is 97.1 Å². The molecular weight excluding hydrogens is 198 g/mol. The molecule has 1 N–H and O–H groups in total. The van der Waals surface area contributed by atoms with E-state index in [0.29, 0.717) is 5.92 Å². The molecule has 16 heavy (non-hydrogen) atoms. The number of Topliss-reactive ketones (excluding diaryl/α,β-unsaturated/α-hetero) is 1. The molecule has 0 aliphatic carbocycles. The van der Waals surface area contributed by atoms with E-state index in [4.69, 9.17) is 0 Å². The molecule has 2 rings (SSSR count). The Balaban J connectivity index is 2.56. The third kappa shape index (κ3) is 2.03. The van der Waals surface area contributed by atoms with Gasteiger partial charge >= 0.3 is 0 Å². The van der Waals surface area contributed by atoms with Gasteiger partial charge in [-0.2, -0.15) is 0 Å². The molecule has 1 aromatic rings. The number of ketones is 1. The standard InChI is InChI=1S/C14H19NO/c1-9(2)11-6-12-8-15-5-4-13(12)14(7-11)10(3)16/h6-7,9,15H,4-5,8H2,1-3H3. The van der Waals surface area contributed by atoms with E-state index >= 15 is 0 Å². The summed E-state index contributed by atoms with van der Waals surface area (Å²) in [5, 5.41) is 3.36. The van der Waals surface area contributed by atoms with E-state index in [-0.39, 0.29) is 5.78 Å². The summed E-state index contributed by atoms with van der Waals surface area (Å²) >= 11 is 0. The molecule has 0 amide bonds. The minimum Gasteiger partial charge on any atom is -0.312 e. The topological polar surface area (TPSA) is 29.1 Å². The molecular formula is C14H19NO. The molecule has 0 saturated heterocycles. The number of fused-ring (bicyclic) bond motifs is 1. The lowest BCUT2D eigenvalue weighted by atomic mass is 9.88. The van der Waals surface area contributed by atoms with Gasteiger partial charge in [-0.3, -0.25) is 4.79 Å². The smallest absolute Gasteiger partial charge is 0.160 e. The van der Waals surface area contributed by atoms with Crippen LogP contribution in [0.3, 0.4) is 0 Å². The molecule has 2 heteroatoms. The molecule has 0 radical (unpaired) electrons. The molecule has 0 bridgehead atoms. The predicted octanol–water partition coefficient (Wildman–Crippen LogP) is 2.66. The van der Waals surface area contributed by atoms with E-state index in [1.54, 1.807) is 6.92 Å². The minimum atomic E-state index is 0.195. The van der Waals surface area contributed by atoms with E-state index in [1.165, 1.54) is 16.7 Å². The van der Waals surface area contributed by atoms with Crippen molar-refractivity contribution in [3.05, 3.63) is 34.4 Å². The molecule has 1 aliphatic rings. The quantitative estimate of drug-likeness (QED) is 0.772. The van der Waals surface area contributed by atoms with Crippen molar-refractivity contribution in [2.45, 2.75) is 39.7 Å². The van der Waals surface area contributed by atoms with Gasteiger partial charge in [-0.1, -0.05) is 19.9 Å². The van der Waals surface area contributed by atoms with Crippen molar-refractivity contribution >= 4 is 5.78 Å². The number of carbonyl (C=O) groups is 1. The molecule has 0 fully saturated rings. The van der Waals surface area contributed by atoms with Gasteiger partial charge in [-0.15, -0.1) is 0 Å². The fraction of sp³-hybridized carbons (Fsp3) is 0.500. The second-order valence-corrected chi connectivity index (χ2v) is 4.84. The van der Waals surface area contributed by atoms with Gasteiger partial charge in [0.15, 0.2) is 5.78 Å². The zero-order valence-electron chi connectivity index (χ0n) is 10.3. The lowest BCUT2D eigenvalue weighted by Gasteiger charge is -2.22. The van der Waals surface area contributed by atoms with Crippen molar-refractivity contribution in [2.75, 3.05) is 6.54 Å². The molecule has 1 heterocycles. The van der Waals surface area contributed by atoms with E-state index in [0.717, 1.165) is 25.1 Å². The highest BCUT2D eigenvalue weighted by molar-refractivity contribution is 5.96. The summed E-state index contributed by atoms with van der Waals surface area (Å²) in [6.07, 6.45) is 0.975. The zero-order chi connectivity index (χ0) is 11.7. The summed E-state index contributed by atoms with van der Waals surface area (Å²) in [7, 11) is 0. The van der Waals surface area contributed by atoms with Gasteiger partial charge in [0.25, 0.3) is 0 Å². The van der Waals surface area contributed by atoms with Crippen LogP contribution in [0.4, 0.5) is 0 Å². The average Bonchev–Trinajstić information content (AvgIpc) is 2.27. The number of carbonyl (C=O) groups excluding carboxylic acids is 1. The molecule has 86 valence electrons. The maximum atomic E-state index is 11.7. The van der Waals surface area contributed by atoms with Crippen LogP contribution in [-0.4, -0.2) is 12.3 Å². The van der Waals surface area contributed by atoms with Crippen LogP contribution in [0, 0.1) is 0 Å². The van der Waals surface area contributed by atoms with Gasteiger partial charge in [-0.05, 0) is 48.6 Å². The summed E-state index contributed by atoms with van der Waals surface area (Å²) in [4.78, 5) is 11.7. The third-order valence-corrected chi connectivity index (χ3v) is 3.28. The zero-order valence-corrected chi connectivity index (χ0v) is 10.3. The summed E-state index contributed by atoms with van der Waals surface area (Å²) in [6.45, 7) is 7.88. The van der Waals surface area contributed by atoms with Gasteiger partial charge < -0.3 is 5.32 Å². The molecule has 0 atom stereocenters. The first-order valence-corrected chi connectivity index (χ1v) is 5.97. The fourth-order valence-electron chi connectivity index (χ4n) is 2.29. The Hall–Kier alpha value is -1.15. The lowest BCUT2D eigenvalue weighted by molar-refractivity contribution is 0.101. The van der Waals surface area contributed by atoms with E-state index < -0.39 is 0 Å². The van der Waals surface area contributed by atoms with Crippen LogP contribution in [0.5, 0.6) is 0 Å². The Morgan fingerprint density at radius 3 is 2.75 bits per heavy atom. The number of hydrogen-bond acceptors (Lipinski definition) is 2. The molecule has 1 aromatic carbocycles. The first kappa shape index (κ1) is 11.3. The second kappa shape index (κ2) is 4.38. The van der Waals surface area contributed by atoms with Crippen LogP contribution in [0.15, 0.2) is 12.1 Å². The summed E-state index contributed by atoms with van der Waals surface area (Å²) < 4.78 is 0. The van der Waals surface area contributed by atoms with Crippen LogP contribution in [0.1, 0.15) is 53.7 Å². The number of nitrogens with one attached hydrogen (secondary N) is 1. The van der Waals surface area contributed by atoms with Gasteiger partial charge in [0.1, 0.15) is 0 Å². The normalized spacial score (nSPS) is 15.0. The third-order valence-electron chi connectivity index (χ3n) is 3.28. The van der Waals surface area contributed by atoms with Crippen LogP contribution in [0.2, 0.25) is 0 Å². The highest BCUT2D eigenvalue weighted by Crippen LogP contribution is 2.25. The van der Waals surface area contributed by atoms with Crippen molar-refractivity contribution in [1.29, 1.82) is 0 Å². The van der Waals surface area contributed by atoms with Crippen molar-refractivity contribution in [2.24, 2.45) is 0 Å². The molecule has 0 saturated carbocycles. The van der Waals surface area contributed by atoms with E-state index in [2.05, 4.69) is 31.3 Å². The maximum Gasteiger partial charge on any atom is 0.160 e.